The maximum Gasteiger partial charge on any atom is 0.220 e. The zero-order valence-corrected chi connectivity index (χ0v) is 11.7. The molecule has 0 heterocycles. The van der Waals surface area contributed by atoms with Crippen LogP contribution in [-0.2, 0) is 16.1 Å². The van der Waals surface area contributed by atoms with Gasteiger partial charge in [0, 0.05) is 25.3 Å². The van der Waals surface area contributed by atoms with Gasteiger partial charge in [-0.2, -0.15) is 0 Å². The summed E-state index contributed by atoms with van der Waals surface area (Å²) in [4.78, 5) is 23.0. The van der Waals surface area contributed by atoms with E-state index in [9.17, 15) is 9.59 Å². The van der Waals surface area contributed by atoms with E-state index >= 15 is 0 Å². The Morgan fingerprint density at radius 1 is 1.16 bits per heavy atom. The summed E-state index contributed by atoms with van der Waals surface area (Å²) in [5.41, 5.74) is 1.00. The van der Waals surface area contributed by atoms with Crippen molar-refractivity contribution in [2.75, 3.05) is 7.11 Å². The lowest BCUT2D eigenvalue weighted by Gasteiger charge is -2.07. The average Bonchev–Trinajstić information content (AvgIpc) is 2.42. The third kappa shape index (κ3) is 5.55. The van der Waals surface area contributed by atoms with Crippen LogP contribution >= 0.6 is 0 Å². The smallest absolute Gasteiger partial charge is 0.220 e. The molecule has 0 aliphatic carbocycles. The van der Waals surface area contributed by atoms with Gasteiger partial charge < -0.3 is 10.1 Å². The minimum Gasteiger partial charge on any atom is -0.497 e. The average molecular weight is 263 g/mol. The van der Waals surface area contributed by atoms with Crippen LogP contribution in [0.1, 0.15) is 32.3 Å². The van der Waals surface area contributed by atoms with Gasteiger partial charge in [-0.1, -0.05) is 26.0 Å². The van der Waals surface area contributed by atoms with Crippen LogP contribution in [0.2, 0.25) is 0 Å². The predicted molar refractivity (Wildman–Crippen MR) is 73.9 cm³/mol. The molecule has 0 aliphatic rings. The van der Waals surface area contributed by atoms with E-state index in [-0.39, 0.29) is 24.0 Å². The topological polar surface area (TPSA) is 55.4 Å². The summed E-state index contributed by atoms with van der Waals surface area (Å²) in [7, 11) is 1.61. The van der Waals surface area contributed by atoms with E-state index in [0.29, 0.717) is 13.0 Å². The highest BCUT2D eigenvalue weighted by Gasteiger charge is 2.09. The number of Topliss-reactive ketones (excluding diaryl/α,β-unsaturated/α-hetero) is 1. The third-order valence-corrected chi connectivity index (χ3v) is 2.89. The molecule has 0 spiro atoms. The van der Waals surface area contributed by atoms with Crippen molar-refractivity contribution < 1.29 is 14.3 Å². The molecule has 0 fully saturated rings. The van der Waals surface area contributed by atoms with Gasteiger partial charge in [0.05, 0.1) is 7.11 Å². The van der Waals surface area contributed by atoms with Crippen LogP contribution in [0.15, 0.2) is 24.3 Å². The van der Waals surface area contributed by atoms with Crippen molar-refractivity contribution in [1.29, 1.82) is 0 Å². The molecule has 1 amide bonds. The fourth-order valence-electron chi connectivity index (χ4n) is 1.56. The quantitative estimate of drug-likeness (QED) is 0.821. The number of hydrogen-bond acceptors (Lipinski definition) is 3. The Hall–Kier alpha value is -1.84. The first-order valence-corrected chi connectivity index (χ1v) is 6.45. The Bertz CT molecular complexity index is 424. The summed E-state index contributed by atoms with van der Waals surface area (Å²) in [6, 6.07) is 7.50. The Labute approximate surface area is 114 Å². The molecule has 0 atom stereocenters. The van der Waals surface area contributed by atoms with E-state index in [4.69, 9.17) is 4.74 Å². The van der Waals surface area contributed by atoms with Gasteiger partial charge in [0.25, 0.3) is 0 Å². The Morgan fingerprint density at radius 3 is 2.32 bits per heavy atom. The number of carbonyl (C=O) groups is 2. The second-order valence-corrected chi connectivity index (χ2v) is 4.75. The highest BCUT2D eigenvalue weighted by atomic mass is 16.5. The molecule has 0 saturated carbocycles. The van der Waals surface area contributed by atoms with E-state index in [1.165, 1.54) is 0 Å². The first-order valence-electron chi connectivity index (χ1n) is 6.45. The molecule has 4 nitrogen and oxygen atoms in total. The van der Waals surface area contributed by atoms with Crippen molar-refractivity contribution in [1.82, 2.24) is 5.32 Å². The zero-order valence-electron chi connectivity index (χ0n) is 11.7. The summed E-state index contributed by atoms with van der Waals surface area (Å²) in [6.45, 7) is 4.16. The zero-order chi connectivity index (χ0) is 14.3. The molecule has 1 N–H and O–H groups in total. The number of ether oxygens (including phenoxy) is 1. The van der Waals surface area contributed by atoms with Crippen LogP contribution in [0.5, 0.6) is 5.75 Å². The van der Waals surface area contributed by atoms with Gasteiger partial charge in [-0.15, -0.1) is 0 Å². The predicted octanol–water partition coefficient (Wildman–Crippen LogP) is 2.32. The van der Waals surface area contributed by atoms with Crippen LogP contribution in [0.4, 0.5) is 0 Å². The minimum atomic E-state index is -0.0928. The number of benzene rings is 1. The summed E-state index contributed by atoms with van der Waals surface area (Å²) >= 11 is 0. The molecular formula is C15H21NO3. The molecule has 0 radical (unpaired) electrons. The molecule has 1 aromatic rings. The highest BCUT2D eigenvalue weighted by Crippen LogP contribution is 2.11. The largest absolute Gasteiger partial charge is 0.497 e. The minimum absolute atomic E-state index is 0.00520. The van der Waals surface area contributed by atoms with Crippen molar-refractivity contribution >= 4 is 11.7 Å². The summed E-state index contributed by atoms with van der Waals surface area (Å²) in [5.74, 6) is 0.816. The van der Waals surface area contributed by atoms with E-state index in [1.54, 1.807) is 7.11 Å². The van der Waals surface area contributed by atoms with Gasteiger partial charge in [0.1, 0.15) is 11.5 Å². The van der Waals surface area contributed by atoms with Crippen molar-refractivity contribution in [3.8, 4) is 5.75 Å². The molecule has 1 aromatic carbocycles. The standard InChI is InChI=1S/C15H21NO3/c1-11(2)14(17)8-9-15(18)16-10-12-4-6-13(19-3)7-5-12/h4-7,11H,8-10H2,1-3H3,(H,16,18). The lowest BCUT2D eigenvalue weighted by Crippen LogP contribution is -2.23. The SMILES string of the molecule is COc1ccc(CNC(=O)CCC(=O)C(C)C)cc1. The van der Waals surface area contributed by atoms with Crippen LogP contribution in [-0.4, -0.2) is 18.8 Å². The van der Waals surface area contributed by atoms with Gasteiger partial charge in [-0.3, -0.25) is 9.59 Å². The molecule has 0 saturated heterocycles. The van der Waals surface area contributed by atoms with Gasteiger partial charge >= 0.3 is 0 Å². The fraction of sp³-hybridized carbons (Fsp3) is 0.467. The second-order valence-electron chi connectivity index (χ2n) is 4.75. The summed E-state index contributed by atoms with van der Waals surface area (Å²) in [5, 5.41) is 2.80. The van der Waals surface area contributed by atoms with Gasteiger partial charge in [0.2, 0.25) is 5.91 Å². The molecule has 0 unspecified atom stereocenters. The molecule has 0 aliphatic heterocycles. The van der Waals surface area contributed by atoms with Gasteiger partial charge in [-0.25, -0.2) is 0 Å². The van der Waals surface area contributed by atoms with Crippen LogP contribution in [0.3, 0.4) is 0 Å². The first-order chi connectivity index (χ1) is 9.02. The number of nitrogens with one attached hydrogen (secondary N) is 1. The van der Waals surface area contributed by atoms with Crippen molar-refractivity contribution in [3.63, 3.8) is 0 Å². The number of amides is 1. The molecule has 4 heteroatoms. The van der Waals surface area contributed by atoms with Crippen molar-refractivity contribution in [2.45, 2.75) is 33.2 Å². The molecule has 19 heavy (non-hydrogen) atoms. The van der Waals surface area contributed by atoms with Crippen molar-refractivity contribution in [3.05, 3.63) is 29.8 Å². The number of hydrogen-bond donors (Lipinski definition) is 1. The number of carbonyl (C=O) groups excluding carboxylic acids is 2. The van der Waals surface area contributed by atoms with Crippen molar-refractivity contribution in [2.24, 2.45) is 5.92 Å². The fourth-order valence-corrected chi connectivity index (χ4v) is 1.56. The second kappa shape index (κ2) is 7.56. The van der Waals surface area contributed by atoms with Crippen LogP contribution in [0, 0.1) is 5.92 Å². The van der Waals surface area contributed by atoms with E-state index < -0.39 is 0 Å². The Morgan fingerprint density at radius 2 is 1.79 bits per heavy atom. The first kappa shape index (κ1) is 15.2. The maximum atomic E-state index is 11.6. The monoisotopic (exact) mass is 263 g/mol. The molecule has 0 aromatic heterocycles. The van der Waals surface area contributed by atoms with Gasteiger partial charge in [0.15, 0.2) is 0 Å². The van der Waals surface area contributed by atoms with Crippen LogP contribution < -0.4 is 10.1 Å². The number of rotatable bonds is 7. The lowest BCUT2D eigenvalue weighted by atomic mass is 10.0. The number of methoxy groups -OCH3 is 1. The van der Waals surface area contributed by atoms with E-state index in [2.05, 4.69) is 5.32 Å². The number of ketones is 1. The molecule has 1 rings (SSSR count). The molecule has 104 valence electrons. The molecular weight excluding hydrogens is 242 g/mol. The van der Waals surface area contributed by atoms with Crippen LogP contribution in [0.25, 0.3) is 0 Å². The lowest BCUT2D eigenvalue weighted by molar-refractivity contribution is -0.126. The summed E-state index contributed by atoms with van der Waals surface area (Å²) < 4.78 is 5.06. The van der Waals surface area contributed by atoms with E-state index in [1.807, 2.05) is 38.1 Å². The Balaban J connectivity index is 2.31. The van der Waals surface area contributed by atoms with E-state index in [0.717, 1.165) is 11.3 Å². The maximum absolute atomic E-state index is 11.6. The Kier molecular flexibility index (Phi) is 6.06. The van der Waals surface area contributed by atoms with Gasteiger partial charge in [-0.05, 0) is 17.7 Å². The highest BCUT2D eigenvalue weighted by molar-refractivity contribution is 5.85. The third-order valence-electron chi connectivity index (χ3n) is 2.89. The molecule has 0 bridgehead atoms. The normalized spacial score (nSPS) is 10.3. The summed E-state index contributed by atoms with van der Waals surface area (Å²) in [6.07, 6.45) is 0.569.